The molecule has 0 aliphatic carbocycles. The van der Waals surface area contributed by atoms with Crippen LogP contribution in [0.3, 0.4) is 0 Å². The number of carbonyl (C=O) groups excluding carboxylic acids is 1. The molecule has 20 heavy (non-hydrogen) atoms. The van der Waals surface area contributed by atoms with E-state index in [2.05, 4.69) is 4.98 Å². The van der Waals surface area contributed by atoms with Gasteiger partial charge >= 0.3 is 0 Å². The summed E-state index contributed by atoms with van der Waals surface area (Å²) in [5.74, 6) is 0.181. The van der Waals surface area contributed by atoms with Crippen molar-refractivity contribution in [3.8, 4) is 6.07 Å². The highest BCUT2D eigenvalue weighted by Gasteiger charge is 2.16. The van der Waals surface area contributed by atoms with Gasteiger partial charge in [0, 0.05) is 31.5 Å². The maximum Gasteiger partial charge on any atom is 0.254 e. The second-order valence-electron chi connectivity index (χ2n) is 4.32. The topological polar surface area (TPSA) is 92.2 Å². The molecule has 2 N–H and O–H groups in total. The zero-order valence-electron chi connectivity index (χ0n) is 11.9. The molecule has 0 radical (unpaired) electrons. The van der Waals surface area contributed by atoms with Gasteiger partial charge in [0.15, 0.2) is 0 Å². The Bertz CT molecular complexity index is 496. The van der Waals surface area contributed by atoms with Gasteiger partial charge < -0.3 is 15.4 Å². The van der Waals surface area contributed by atoms with E-state index in [9.17, 15) is 4.79 Å². The minimum atomic E-state index is -0.152. The first-order chi connectivity index (χ1) is 9.62. The molecular formula is C14H20N4O2. The van der Waals surface area contributed by atoms with Gasteiger partial charge in [0.1, 0.15) is 5.82 Å². The predicted molar refractivity (Wildman–Crippen MR) is 76.0 cm³/mol. The van der Waals surface area contributed by atoms with Gasteiger partial charge in [-0.05, 0) is 18.6 Å². The summed E-state index contributed by atoms with van der Waals surface area (Å²) in [6, 6.07) is 5.35. The van der Waals surface area contributed by atoms with E-state index in [1.165, 1.54) is 0 Å². The normalized spacial score (nSPS) is 10.1. The summed E-state index contributed by atoms with van der Waals surface area (Å²) >= 11 is 0. The van der Waals surface area contributed by atoms with Crippen LogP contribution in [0.2, 0.25) is 0 Å². The number of aromatic nitrogens is 1. The molecule has 0 unspecified atom stereocenters. The molecule has 0 atom stereocenters. The van der Waals surface area contributed by atoms with Crippen molar-refractivity contribution < 1.29 is 9.53 Å². The number of pyridine rings is 1. The van der Waals surface area contributed by atoms with Crippen LogP contribution in [0.1, 0.15) is 29.4 Å². The quantitative estimate of drug-likeness (QED) is 0.808. The molecule has 6 nitrogen and oxygen atoms in total. The van der Waals surface area contributed by atoms with Crippen LogP contribution in [0.25, 0.3) is 0 Å². The van der Waals surface area contributed by atoms with Crippen molar-refractivity contribution in [1.82, 2.24) is 9.88 Å². The van der Waals surface area contributed by atoms with Crippen LogP contribution in [0.4, 0.5) is 5.82 Å². The number of carbonyl (C=O) groups is 1. The van der Waals surface area contributed by atoms with E-state index in [4.69, 9.17) is 15.7 Å². The van der Waals surface area contributed by atoms with Gasteiger partial charge in [-0.15, -0.1) is 0 Å². The summed E-state index contributed by atoms with van der Waals surface area (Å²) in [6.07, 6.45) is 0.998. The monoisotopic (exact) mass is 276 g/mol. The Morgan fingerprint density at radius 3 is 2.85 bits per heavy atom. The van der Waals surface area contributed by atoms with Crippen molar-refractivity contribution in [1.29, 1.82) is 5.26 Å². The molecule has 0 aromatic carbocycles. The number of methoxy groups -OCH3 is 1. The molecule has 0 aliphatic rings. The molecule has 0 spiro atoms. The maximum atomic E-state index is 12.5. The first kappa shape index (κ1) is 15.9. The number of hydrogen-bond acceptors (Lipinski definition) is 5. The van der Waals surface area contributed by atoms with Crippen molar-refractivity contribution in [2.45, 2.75) is 19.8 Å². The van der Waals surface area contributed by atoms with Crippen LogP contribution in [0.5, 0.6) is 0 Å². The van der Waals surface area contributed by atoms with Gasteiger partial charge in [-0.25, -0.2) is 4.98 Å². The number of rotatable bonds is 7. The highest BCUT2D eigenvalue weighted by atomic mass is 16.5. The van der Waals surface area contributed by atoms with Crippen molar-refractivity contribution in [2.24, 2.45) is 0 Å². The number of nitrogen functional groups attached to an aromatic ring is 1. The van der Waals surface area contributed by atoms with Crippen LogP contribution in [-0.2, 0) is 11.2 Å². The maximum absolute atomic E-state index is 12.5. The highest BCUT2D eigenvalue weighted by Crippen LogP contribution is 2.11. The first-order valence-electron chi connectivity index (χ1n) is 6.54. The molecule has 1 rings (SSSR count). The van der Waals surface area contributed by atoms with Gasteiger partial charge in [0.2, 0.25) is 0 Å². The largest absolute Gasteiger partial charge is 0.384 e. The fourth-order valence-electron chi connectivity index (χ4n) is 1.80. The fraction of sp³-hybridized carbons (Fsp3) is 0.500. The molecule has 1 aromatic heterocycles. The summed E-state index contributed by atoms with van der Waals surface area (Å²) in [6.45, 7) is 3.20. The van der Waals surface area contributed by atoms with E-state index in [1.54, 1.807) is 24.1 Å². The molecule has 0 saturated heterocycles. The van der Waals surface area contributed by atoms with Gasteiger partial charge in [-0.3, -0.25) is 4.79 Å². The number of nitriles is 1. The zero-order valence-corrected chi connectivity index (χ0v) is 11.9. The smallest absolute Gasteiger partial charge is 0.254 e. The summed E-state index contributed by atoms with van der Waals surface area (Å²) in [4.78, 5) is 18.2. The number of anilines is 1. The number of ether oxygens (including phenoxy) is 1. The highest BCUT2D eigenvalue weighted by molar-refractivity contribution is 5.95. The van der Waals surface area contributed by atoms with E-state index in [0.717, 1.165) is 5.69 Å². The lowest BCUT2D eigenvalue weighted by Crippen LogP contribution is -2.34. The SMILES string of the molecule is CCc1cc(C(=O)N(CCC#N)CCOC)cc(N)n1. The third-order valence-electron chi connectivity index (χ3n) is 2.85. The summed E-state index contributed by atoms with van der Waals surface area (Å²) in [5, 5.41) is 8.67. The fourth-order valence-corrected chi connectivity index (χ4v) is 1.80. The number of hydrogen-bond donors (Lipinski definition) is 1. The minimum Gasteiger partial charge on any atom is -0.384 e. The zero-order chi connectivity index (χ0) is 15.0. The van der Waals surface area contributed by atoms with E-state index >= 15 is 0 Å². The lowest BCUT2D eigenvalue weighted by Gasteiger charge is -2.21. The summed E-state index contributed by atoms with van der Waals surface area (Å²) < 4.78 is 4.99. The van der Waals surface area contributed by atoms with Gasteiger partial charge in [-0.1, -0.05) is 6.92 Å². The molecular weight excluding hydrogens is 256 g/mol. The molecule has 0 fully saturated rings. The third-order valence-corrected chi connectivity index (χ3v) is 2.85. The Balaban J connectivity index is 2.92. The van der Waals surface area contributed by atoms with Gasteiger partial charge in [0.05, 0.1) is 19.1 Å². The molecule has 0 aliphatic heterocycles. The molecule has 0 bridgehead atoms. The molecule has 1 heterocycles. The Labute approximate surface area is 119 Å². The number of amides is 1. The van der Waals surface area contributed by atoms with Gasteiger partial charge in [0.25, 0.3) is 5.91 Å². The van der Waals surface area contributed by atoms with Crippen LogP contribution in [-0.4, -0.2) is 42.6 Å². The lowest BCUT2D eigenvalue weighted by atomic mass is 10.1. The van der Waals surface area contributed by atoms with Gasteiger partial charge in [-0.2, -0.15) is 5.26 Å². The van der Waals surface area contributed by atoms with Crippen LogP contribution in [0, 0.1) is 11.3 Å². The number of nitrogens with zero attached hydrogens (tertiary/aromatic N) is 3. The average Bonchev–Trinajstić information content (AvgIpc) is 2.46. The molecule has 1 amide bonds. The Kier molecular flexibility index (Phi) is 6.47. The van der Waals surface area contributed by atoms with E-state index < -0.39 is 0 Å². The second kappa shape index (κ2) is 8.12. The first-order valence-corrected chi connectivity index (χ1v) is 6.54. The molecule has 0 saturated carbocycles. The van der Waals surface area contributed by atoms with Crippen molar-refractivity contribution in [3.05, 3.63) is 23.4 Å². The van der Waals surface area contributed by atoms with Crippen LogP contribution < -0.4 is 5.73 Å². The predicted octanol–water partition coefficient (Wildman–Crippen LogP) is 1.23. The van der Waals surface area contributed by atoms with E-state index in [-0.39, 0.29) is 12.3 Å². The molecule has 108 valence electrons. The Morgan fingerprint density at radius 1 is 1.50 bits per heavy atom. The van der Waals surface area contributed by atoms with Crippen molar-refractivity contribution in [3.63, 3.8) is 0 Å². The molecule has 1 aromatic rings. The minimum absolute atomic E-state index is 0.152. The summed E-state index contributed by atoms with van der Waals surface area (Å²) in [7, 11) is 1.58. The standard InChI is InChI=1S/C14H20N4O2/c1-3-12-9-11(10-13(16)17-12)14(19)18(6-4-5-15)7-8-20-2/h9-10H,3-4,6-8H2,1-2H3,(H2,16,17). The van der Waals surface area contributed by atoms with E-state index in [1.807, 2.05) is 13.0 Å². The van der Waals surface area contributed by atoms with Crippen molar-refractivity contribution >= 4 is 11.7 Å². The average molecular weight is 276 g/mol. The van der Waals surface area contributed by atoms with Crippen LogP contribution in [0.15, 0.2) is 12.1 Å². The van der Waals surface area contributed by atoms with Crippen LogP contribution >= 0.6 is 0 Å². The van der Waals surface area contributed by atoms with E-state index in [0.29, 0.717) is 37.5 Å². The number of nitrogens with two attached hydrogens (primary N) is 1. The second-order valence-corrected chi connectivity index (χ2v) is 4.32. The third kappa shape index (κ3) is 4.52. The lowest BCUT2D eigenvalue weighted by molar-refractivity contribution is 0.0699. The number of aryl methyl sites for hydroxylation is 1. The molecule has 6 heteroatoms. The summed E-state index contributed by atoms with van der Waals surface area (Å²) in [5.41, 5.74) is 7.00. The Hall–Kier alpha value is -2.13. The van der Waals surface area contributed by atoms with Crippen molar-refractivity contribution in [2.75, 3.05) is 32.5 Å². The Morgan fingerprint density at radius 2 is 2.25 bits per heavy atom.